The number of carboxylic acids is 1. The molecule has 2 N–H and O–H groups in total. The zero-order valence-electron chi connectivity index (χ0n) is 14.9. The zero-order valence-corrected chi connectivity index (χ0v) is 14.9. The maximum Gasteiger partial charge on any atom is 0.335 e. The minimum atomic E-state index is -1.10. The van der Waals surface area contributed by atoms with Gasteiger partial charge in [0.2, 0.25) is 11.8 Å². The molecule has 142 valence electrons. The number of rotatable bonds is 8. The third kappa shape index (κ3) is 5.91. The van der Waals surface area contributed by atoms with E-state index in [2.05, 4.69) is 5.32 Å². The Bertz CT molecular complexity index is 821. The Morgan fingerprint density at radius 2 is 1.74 bits per heavy atom. The van der Waals surface area contributed by atoms with Gasteiger partial charge in [-0.15, -0.1) is 0 Å². The lowest BCUT2D eigenvalue weighted by Gasteiger charge is -2.21. The first kappa shape index (κ1) is 20.1. The summed E-state index contributed by atoms with van der Waals surface area (Å²) in [5, 5.41) is 11.9. The first-order chi connectivity index (χ1) is 12.9. The van der Waals surface area contributed by atoms with Gasteiger partial charge in [-0.3, -0.25) is 9.59 Å². The smallest absolute Gasteiger partial charge is 0.335 e. The molecule has 0 aliphatic heterocycles. The van der Waals surface area contributed by atoms with Crippen LogP contribution in [0.5, 0.6) is 0 Å². The van der Waals surface area contributed by atoms with Crippen molar-refractivity contribution in [2.45, 2.75) is 19.9 Å². The second kappa shape index (κ2) is 9.47. The highest BCUT2D eigenvalue weighted by molar-refractivity contribution is 5.92. The van der Waals surface area contributed by atoms with E-state index < -0.39 is 5.97 Å². The number of carbonyl (C=O) groups is 3. The van der Waals surface area contributed by atoms with Crippen LogP contribution in [0.3, 0.4) is 0 Å². The highest BCUT2D eigenvalue weighted by Gasteiger charge is 2.18. The number of carbonyl (C=O) groups excluding carboxylic acids is 2. The molecule has 2 aromatic rings. The van der Waals surface area contributed by atoms with Crippen LogP contribution in [0.15, 0.2) is 48.5 Å². The maximum absolute atomic E-state index is 12.9. The van der Waals surface area contributed by atoms with Gasteiger partial charge in [-0.05, 0) is 36.2 Å². The van der Waals surface area contributed by atoms with Crippen molar-refractivity contribution in [1.82, 2.24) is 10.2 Å². The molecule has 0 aliphatic carbocycles. The number of benzene rings is 2. The molecule has 0 aromatic heterocycles. The molecular weight excluding hydrogens is 351 g/mol. The van der Waals surface area contributed by atoms with Gasteiger partial charge in [-0.2, -0.15) is 0 Å². The number of hydrogen-bond donors (Lipinski definition) is 2. The van der Waals surface area contributed by atoms with E-state index in [1.165, 1.54) is 23.1 Å². The third-order valence-electron chi connectivity index (χ3n) is 4.06. The van der Waals surface area contributed by atoms with E-state index in [4.69, 9.17) is 0 Å². The SMILES string of the molecule is CCN(CC(=O)NCc1ccc(F)cc1)C(=O)Cc1ccccc1C(=O)O. The minimum Gasteiger partial charge on any atom is -0.478 e. The highest BCUT2D eigenvalue weighted by Crippen LogP contribution is 2.11. The molecular formula is C20H21FN2O4. The summed E-state index contributed by atoms with van der Waals surface area (Å²) in [4.78, 5) is 37.2. The van der Waals surface area contributed by atoms with Gasteiger partial charge >= 0.3 is 5.97 Å². The number of nitrogens with one attached hydrogen (secondary N) is 1. The van der Waals surface area contributed by atoms with Crippen LogP contribution < -0.4 is 5.32 Å². The Balaban J connectivity index is 1.93. The first-order valence-corrected chi connectivity index (χ1v) is 8.50. The van der Waals surface area contributed by atoms with E-state index in [1.54, 1.807) is 37.3 Å². The summed E-state index contributed by atoms with van der Waals surface area (Å²) in [5.74, 6) is -2.13. The van der Waals surface area contributed by atoms with Gasteiger partial charge < -0.3 is 15.3 Å². The monoisotopic (exact) mass is 372 g/mol. The van der Waals surface area contributed by atoms with Crippen molar-refractivity contribution in [2.24, 2.45) is 0 Å². The number of halogens is 1. The van der Waals surface area contributed by atoms with Crippen LogP contribution in [0.1, 0.15) is 28.4 Å². The summed E-state index contributed by atoms with van der Waals surface area (Å²) in [6.45, 7) is 2.16. The van der Waals surface area contributed by atoms with Crippen LogP contribution in [0.2, 0.25) is 0 Å². The van der Waals surface area contributed by atoms with E-state index in [0.717, 1.165) is 5.56 Å². The molecule has 2 rings (SSSR count). The number of amides is 2. The van der Waals surface area contributed by atoms with Crippen molar-refractivity contribution < 1.29 is 23.9 Å². The molecule has 0 aliphatic rings. The Labute approximate surface area is 156 Å². The maximum atomic E-state index is 12.9. The number of nitrogens with zero attached hydrogens (tertiary/aromatic N) is 1. The van der Waals surface area contributed by atoms with Crippen molar-refractivity contribution in [1.29, 1.82) is 0 Å². The van der Waals surface area contributed by atoms with Gasteiger partial charge in [0.15, 0.2) is 0 Å². The average Bonchev–Trinajstić information content (AvgIpc) is 2.65. The molecule has 0 bridgehead atoms. The van der Waals surface area contributed by atoms with Gasteiger partial charge in [-0.25, -0.2) is 9.18 Å². The normalized spacial score (nSPS) is 10.3. The summed E-state index contributed by atoms with van der Waals surface area (Å²) in [6, 6.07) is 12.0. The van der Waals surface area contributed by atoms with E-state index in [9.17, 15) is 23.9 Å². The van der Waals surface area contributed by atoms with Gasteiger partial charge in [0.1, 0.15) is 5.82 Å². The van der Waals surface area contributed by atoms with Gasteiger partial charge in [0, 0.05) is 13.1 Å². The molecule has 0 spiro atoms. The van der Waals surface area contributed by atoms with Crippen molar-refractivity contribution in [2.75, 3.05) is 13.1 Å². The summed E-state index contributed by atoms with van der Waals surface area (Å²) >= 11 is 0. The predicted octanol–water partition coefficient (Wildman–Crippen LogP) is 2.23. The average molecular weight is 372 g/mol. The van der Waals surface area contributed by atoms with E-state index in [-0.39, 0.29) is 42.7 Å². The molecule has 0 radical (unpaired) electrons. The second-order valence-electron chi connectivity index (χ2n) is 5.95. The van der Waals surface area contributed by atoms with Crippen molar-refractivity contribution >= 4 is 17.8 Å². The lowest BCUT2D eigenvalue weighted by molar-refractivity contribution is -0.135. The summed E-state index contributed by atoms with van der Waals surface area (Å²) in [5.41, 5.74) is 1.22. The van der Waals surface area contributed by atoms with E-state index in [1.807, 2.05) is 0 Å². The summed E-state index contributed by atoms with van der Waals surface area (Å²) in [7, 11) is 0. The summed E-state index contributed by atoms with van der Waals surface area (Å²) in [6.07, 6.45) is -0.0957. The van der Waals surface area contributed by atoms with Gasteiger partial charge in [0.05, 0.1) is 18.5 Å². The van der Waals surface area contributed by atoms with E-state index in [0.29, 0.717) is 12.1 Å². The first-order valence-electron chi connectivity index (χ1n) is 8.50. The molecule has 0 atom stereocenters. The molecule has 6 nitrogen and oxygen atoms in total. The Morgan fingerprint density at radius 1 is 1.07 bits per heavy atom. The third-order valence-corrected chi connectivity index (χ3v) is 4.06. The van der Waals surface area contributed by atoms with Crippen molar-refractivity contribution in [3.63, 3.8) is 0 Å². The van der Waals surface area contributed by atoms with Crippen LogP contribution in [-0.4, -0.2) is 40.9 Å². The van der Waals surface area contributed by atoms with Crippen molar-refractivity contribution in [3.8, 4) is 0 Å². The van der Waals surface area contributed by atoms with Gasteiger partial charge in [-0.1, -0.05) is 30.3 Å². The Kier molecular flexibility index (Phi) is 7.05. The van der Waals surface area contributed by atoms with Gasteiger partial charge in [0.25, 0.3) is 0 Å². The largest absolute Gasteiger partial charge is 0.478 e. The second-order valence-corrected chi connectivity index (χ2v) is 5.95. The van der Waals surface area contributed by atoms with Crippen LogP contribution in [0.25, 0.3) is 0 Å². The molecule has 0 heterocycles. The molecule has 2 aromatic carbocycles. The molecule has 0 saturated heterocycles. The quantitative estimate of drug-likeness (QED) is 0.744. The molecule has 0 saturated carbocycles. The van der Waals surface area contributed by atoms with Crippen LogP contribution in [-0.2, 0) is 22.6 Å². The predicted molar refractivity (Wildman–Crippen MR) is 97.6 cm³/mol. The molecule has 0 fully saturated rings. The fraction of sp³-hybridized carbons (Fsp3) is 0.250. The lowest BCUT2D eigenvalue weighted by Crippen LogP contribution is -2.41. The Morgan fingerprint density at radius 3 is 2.37 bits per heavy atom. The number of hydrogen-bond acceptors (Lipinski definition) is 3. The minimum absolute atomic E-state index is 0.0719. The summed E-state index contributed by atoms with van der Waals surface area (Å²) < 4.78 is 12.9. The molecule has 0 unspecified atom stereocenters. The van der Waals surface area contributed by atoms with Crippen LogP contribution >= 0.6 is 0 Å². The van der Waals surface area contributed by atoms with Crippen molar-refractivity contribution in [3.05, 3.63) is 71.0 Å². The number of likely N-dealkylation sites (N-methyl/N-ethyl adjacent to an activating group) is 1. The number of aromatic carboxylic acids is 1. The van der Waals surface area contributed by atoms with E-state index >= 15 is 0 Å². The zero-order chi connectivity index (χ0) is 19.8. The molecule has 7 heteroatoms. The molecule has 27 heavy (non-hydrogen) atoms. The fourth-order valence-corrected chi connectivity index (χ4v) is 2.57. The lowest BCUT2D eigenvalue weighted by atomic mass is 10.0. The standard InChI is InChI=1S/C20H21FN2O4/c1-2-23(13-18(24)22-12-14-7-9-16(21)10-8-14)19(25)11-15-5-3-4-6-17(15)20(26)27/h3-10H,2,11-13H2,1H3,(H,22,24)(H,26,27). The Hall–Kier alpha value is -3.22. The van der Waals surface area contributed by atoms with Crippen LogP contribution in [0.4, 0.5) is 4.39 Å². The topological polar surface area (TPSA) is 86.7 Å². The molecule has 2 amide bonds. The number of carboxylic acid groups (broad SMARTS) is 1. The van der Waals surface area contributed by atoms with Crippen LogP contribution in [0, 0.1) is 5.82 Å². The highest BCUT2D eigenvalue weighted by atomic mass is 19.1. The fourth-order valence-electron chi connectivity index (χ4n) is 2.57.